The fraction of sp³-hybridized carbons (Fsp3) is 0.500. The summed E-state index contributed by atoms with van der Waals surface area (Å²) in [5, 5.41) is 5.52. The molecule has 3 unspecified atom stereocenters. The fourth-order valence-electron chi connectivity index (χ4n) is 4.05. The molecule has 3 aliphatic rings. The lowest BCUT2D eigenvalue weighted by molar-refractivity contribution is -0.146. The van der Waals surface area contributed by atoms with Crippen LogP contribution >= 0.6 is 15.9 Å². The minimum Gasteiger partial charge on any atom is -0.459 e. The zero-order chi connectivity index (χ0) is 19.8. The molecular weight excluding hydrogens is 428 g/mol. The van der Waals surface area contributed by atoms with E-state index >= 15 is 0 Å². The summed E-state index contributed by atoms with van der Waals surface area (Å²) in [5.74, 6) is 1.35. The van der Waals surface area contributed by atoms with Gasteiger partial charge in [-0.05, 0) is 49.8 Å². The third kappa shape index (κ3) is 3.70. The highest BCUT2D eigenvalue weighted by Crippen LogP contribution is 2.41. The summed E-state index contributed by atoms with van der Waals surface area (Å²) >= 11 is 3.53. The third-order valence-electron chi connectivity index (χ3n) is 5.45. The zero-order valence-electron chi connectivity index (χ0n) is 15.8. The Morgan fingerprint density at radius 3 is 2.75 bits per heavy atom. The largest absolute Gasteiger partial charge is 0.459 e. The summed E-state index contributed by atoms with van der Waals surface area (Å²) in [6.07, 6.45) is 3.88. The molecule has 8 heteroatoms. The summed E-state index contributed by atoms with van der Waals surface area (Å²) in [6, 6.07) is 2.56. The van der Waals surface area contributed by atoms with Crippen molar-refractivity contribution < 1.29 is 23.8 Å². The molecular formula is C20H23BrN2O5. The zero-order valence-corrected chi connectivity index (χ0v) is 17.4. The van der Waals surface area contributed by atoms with Crippen LogP contribution < -0.4 is 20.1 Å². The van der Waals surface area contributed by atoms with E-state index in [1.807, 2.05) is 0 Å². The van der Waals surface area contributed by atoms with E-state index in [0.29, 0.717) is 38.7 Å². The number of urea groups is 1. The van der Waals surface area contributed by atoms with Gasteiger partial charge in [-0.25, -0.2) is 9.59 Å². The van der Waals surface area contributed by atoms with Crippen LogP contribution in [0.4, 0.5) is 4.79 Å². The molecule has 1 saturated carbocycles. The van der Waals surface area contributed by atoms with E-state index in [9.17, 15) is 9.59 Å². The molecule has 0 aromatic heterocycles. The maximum absolute atomic E-state index is 13.1. The smallest absolute Gasteiger partial charge is 0.338 e. The first kappa shape index (κ1) is 19.1. The Bertz CT molecular complexity index is 853. The molecule has 2 N–H and O–H groups in total. The Hall–Kier alpha value is -2.22. The van der Waals surface area contributed by atoms with Gasteiger partial charge in [0.15, 0.2) is 11.5 Å². The molecule has 1 aliphatic carbocycles. The van der Waals surface area contributed by atoms with Crippen molar-refractivity contribution in [1.82, 2.24) is 10.6 Å². The van der Waals surface area contributed by atoms with Crippen LogP contribution in [0.25, 0.3) is 0 Å². The highest BCUT2D eigenvalue weighted by molar-refractivity contribution is 9.10. The monoisotopic (exact) mass is 450 g/mol. The highest BCUT2D eigenvalue weighted by Gasteiger charge is 2.36. The molecule has 0 spiro atoms. The molecule has 7 nitrogen and oxygen atoms in total. The summed E-state index contributed by atoms with van der Waals surface area (Å²) in [7, 11) is 0. The van der Waals surface area contributed by atoms with Crippen LogP contribution in [0.3, 0.4) is 0 Å². The molecule has 0 saturated heterocycles. The van der Waals surface area contributed by atoms with Crippen molar-refractivity contribution in [3.05, 3.63) is 33.4 Å². The van der Waals surface area contributed by atoms with Crippen molar-refractivity contribution in [2.45, 2.75) is 51.7 Å². The van der Waals surface area contributed by atoms with Crippen molar-refractivity contribution in [3.63, 3.8) is 0 Å². The van der Waals surface area contributed by atoms with E-state index in [0.717, 1.165) is 19.3 Å². The number of hydrogen-bond acceptors (Lipinski definition) is 5. The Kier molecular flexibility index (Phi) is 5.23. The van der Waals surface area contributed by atoms with Crippen molar-refractivity contribution in [1.29, 1.82) is 0 Å². The van der Waals surface area contributed by atoms with E-state index in [1.165, 1.54) is 6.42 Å². The van der Waals surface area contributed by atoms with Gasteiger partial charge >= 0.3 is 12.0 Å². The Labute approximate surface area is 171 Å². The van der Waals surface area contributed by atoms with Gasteiger partial charge in [0.2, 0.25) is 6.79 Å². The van der Waals surface area contributed by atoms with Crippen molar-refractivity contribution in [2.75, 3.05) is 6.79 Å². The lowest BCUT2D eigenvalue weighted by Gasteiger charge is -2.31. The lowest BCUT2D eigenvalue weighted by Crippen LogP contribution is -2.45. The molecule has 4 rings (SSSR count). The number of carbonyl (C=O) groups is 2. The molecule has 1 aromatic rings. The maximum atomic E-state index is 13.1. The molecule has 1 aromatic carbocycles. The summed E-state index contributed by atoms with van der Waals surface area (Å²) in [5.41, 5.74) is 1.60. The lowest BCUT2D eigenvalue weighted by atomic mass is 9.88. The number of amides is 2. The average molecular weight is 451 g/mol. The predicted molar refractivity (Wildman–Crippen MR) is 105 cm³/mol. The highest BCUT2D eigenvalue weighted by atomic mass is 79.9. The number of hydrogen-bond donors (Lipinski definition) is 2. The second kappa shape index (κ2) is 7.66. The van der Waals surface area contributed by atoms with E-state index in [-0.39, 0.29) is 18.9 Å². The molecule has 28 heavy (non-hydrogen) atoms. The predicted octanol–water partition coefficient (Wildman–Crippen LogP) is 3.93. The van der Waals surface area contributed by atoms with Crippen LogP contribution in [-0.4, -0.2) is 24.9 Å². The first-order valence-corrected chi connectivity index (χ1v) is 10.3. The van der Waals surface area contributed by atoms with Crippen LogP contribution in [0.1, 0.15) is 51.1 Å². The van der Waals surface area contributed by atoms with Gasteiger partial charge < -0.3 is 24.8 Å². The number of fused-ring (bicyclic) bond motifs is 1. The summed E-state index contributed by atoms with van der Waals surface area (Å²) in [4.78, 5) is 25.2. The quantitative estimate of drug-likeness (QED) is 0.681. The van der Waals surface area contributed by atoms with Crippen LogP contribution in [0.2, 0.25) is 0 Å². The first-order valence-electron chi connectivity index (χ1n) is 9.50. The molecule has 2 heterocycles. The number of nitrogens with one attached hydrogen (secondary N) is 2. The van der Waals surface area contributed by atoms with Gasteiger partial charge in [0.25, 0.3) is 0 Å². The van der Waals surface area contributed by atoms with Crippen LogP contribution in [0.5, 0.6) is 11.5 Å². The Morgan fingerprint density at radius 2 is 2.00 bits per heavy atom. The molecule has 3 atom stereocenters. The summed E-state index contributed by atoms with van der Waals surface area (Å²) < 4.78 is 17.4. The molecule has 1 fully saturated rings. The molecule has 2 aliphatic heterocycles. The van der Waals surface area contributed by atoms with Gasteiger partial charge in [0.1, 0.15) is 6.10 Å². The first-order chi connectivity index (χ1) is 13.4. The minimum atomic E-state index is -0.647. The number of ether oxygens (including phenoxy) is 3. The van der Waals surface area contributed by atoms with E-state index in [4.69, 9.17) is 14.2 Å². The van der Waals surface area contributed by atoms with Crippen molar-refractivity contribution in [3.8, 4) is 11.5 Å². The molecule has 0 bridgehead atoms. The number of esters is 1. The van der Waals surface area contributed by atoms with Gasteiger partial charge in [0, 0.05) is 10.2 Å². The Balaban J connectivity index is 1.64. The van der Waals surface area contributed by atoms with Crippen molar-refractivity contribution in [2.24, 2.45) is 5.92 Å². The summed E-state index contributed by atoms with van der Waals surface area (Å²) in [6.45, 7) is 4.04. The van der Waals surface area contributed by atoms with Gasteiger partial charge in [-0.15, -0.1) is 0 Å². The number of allylic oxidation sites excluding steroid dienone is 1. The van der Waals surface area contributed by atoms with Gasteiger partial charge in [0.05, 0.1) is 11.6 Å². The van der Waals surface area contributed by atoms with E-state index < -0.39 is 12.0 Å². The second-order valence-electron chi connectivity index (χ2n) is 7.60. The molecule has 0 radical (unpaired) electrons. The second-order valence-corrected chi connectivity index (χ2v) is 8.45. The van der Waals surface area contributed by atoms with Crippen LogP contribution in [0, 0.1) is 5.92 Å². The third-order valence-corrected chi connectivity index (χ3v) is 6.14. The van der Waals surface area contributed by atoms with Crippen LogP contribution in [-0.2, 0) is 9.53 Å². The maximum Gasteiger partial charge on any atom is 0.338 e. The average Bonchev–Trinajstić information content (AvgIpc) is 3.07. The fourth-order valence-corrected chi connectivity index (χ4v) is 4.60. The van der Waals surface area contributed by atoms with E-state index in [2.05, 4.69) is 33.5 Å². The van der Waals surface area contributed by atoms with Gasteiger partial charge in [-0.1, -0.05) is 29.3 Å². The number of rotatable bonds is 3. The minimum absolute atomic E-state index is 0.0879. The number of benzene rings is 1. The van der Waals surface area contributed by atoms with Crippen molar-refractivity contribution >= 4 is 27.9 Å². The van der Waals surface area contributed by atoms with Crippen LogP contribution in [0.15, 0.2) is 27.9 Å². The normalized spacial score (nSPS) is 26.5. The Morgan fingerprint density at radius 1 is 1.25 bits per heavy atom. The number of carbonyl (C=O) groups excluding carboxylic acids is 2. The standard InChI is InChI=1S/C20H23BrN2O5/c1-10-4-3-5-12(6-10)28-19(24)17-11(2)22-20(25)23-18(17)13-7-15-16(8-14(13)21)27-9-26-15/h7-8,10,12,18H,3-6,9H2,1-2H3,(H2,22,23,25). The molecule has 150 valence electrons. The topological polar surface area (TPSA) is 85.9 Å². The van der Waals surface area contributed by atoms with Gasteiger partial charge in [-0.3, -0.25) is 0 Å². The number of halogens is 1. The van der Waals surface area contributed by atoms with Gasteiger partial charge in [-0.2, -0.15) is 0 Å². The SMILES string of the molecule is CC1=C(C(=O)OC2CCCC(C)C2)C(c2cc3c(cc2Br)OCO3)NC(=O)N1. The van der Waals surface area contributed by atoms with E-state index in [1.54, 1.807) is 19.1 Å². The molecule has 2 amide bonds.